The SMILES string of the molecule is Cn1c(=O)c([N+](=O)[O-])c(N2CCC(Oc3cccc(C#N)c3)CC2)c2cc(F)ccc21. The zero-order valence-electron chi connectivity index (χ0n) is 16.7. The molecule has 0 spiro atoms. The number of nitrogens with zero attached hydrogens (tertiary/aromatic N) is 4. The molecule has 31 heavy (non-hydrogen) atoms. The van der Waals surface area contributed by atoms with Gasteiger partial charge in [-0.1, -0.05) is 6.07 Å². The van der Waals surface area contributed by atoms with Crippen LogP contribution in [0, 0.1) is 27.3 Å². The first-order chi connectivity index (χ1) is 14.9. The molecule has 3 aromatic rings. The molecule has 0 radical (unpaired) electrons. The summed E-state index contributed by atoms with van der Waals surface area (Å²) in [5, 5.41) is 21.1. The number of hydrogen-bond acceptors (Lipinski definition) is 6. The molecule has 1 aliphatic rings. The van der Waals surface area contributed by atoms with Crippen LogP contribution in [0.3, 0.4) is 0 Å². The second kappa shape index (κ2) is 8.07. The summed E-state index contributed by atoms with van der Waals surface area (Å²) in [4.78, 5) is 25.5. The van der Waals surface area contributed by atoms with Crippen molar-refractivity contribution in [1.29, 1.82) is 5.26 Å². The molecule has 2 aromatic carbocycles. The molecule has 4 rings (SSSR count). The van der Waals surface area contributed by atoms with E-state index in [4.69, 9.17) is 10.00 Å². The lowest BCUT2D eigenvalue weighted by atomic mass is 10.0. The van der Waals surface area contributed by atoms with Gasteiger partial charge in [-0.25, -0.2) is 4.39 Å². The van der Waals surface area contributed by atoms with Crippen molar-refractivity contribution >= 4 is 22.3 Å². The second-order valence-electron chi connectivity index (χ2n) is 7.42. The molecule has 0 amide bonds. The van der Waals surface area contributed by atoms with Gasteiger partial charge in [0.05, 0.1) is 22.1 Å². The van der Waals surface area contributed by atoms with Gasteiger partial charge in [-0.2, -0.15) is 5.26 Å². The van der Waals surface area contributed by atoms with E-state index in [0.29, 0.717) is 48.1 Å². The van der Waals surface area contributed by atoms with E-state index in [1.807, 2.05) is 0 Å². The van der Waals surface area contributed by atoms with E-state index in [2.05, 4.69) is 6.07 Å². The highest BCUT2D eigenvalue weighted by Crippen LogP contribution is 2.35. The summed E-state index contributed by atoms with van der Waals surface area (Å²) in [6.45, 7) is 0.810. The van der Waals surface area contributed by atoms with E-state index in [0.717, 1.165) is 0 Å². The highest BCUT2D eigenvalue weighted by molar-refractivity contribution is 5.96. The quantitative estimate of drug-likeness (QED) is 0.471. The molecule has 0 atom stereocenters. The summed E-state index contributed by atoms with van der Waals surface area (Å²) in [5.74, 6) is 0.0573. The van der Waals surface area contributed by atoms with Crippen LogP contribution in [-0.2, 0) is 7.05 Å². The normalized spacial score (nSPS) is 14.4. The Hall–Kier alpha value is -3.93. The number of rotatable bonds is 4. The molecule has 1 fully saturated rings. The summed E-state index contributed by atoms with van der Waals surface area (Å²) >= 11 is 0. The molecule has 0 N–H and O–H groups in total. The Balaban J connectivity index is 1.66. The summed E-state index contributed by atoms with van der Waals surface area (Å²) < 4.78 is 21.1. The maximum atomic E-state index is 14.0. The van der Waals surface area contributed by atoms with Gasteiger partial charge in [0.2, 0.25) is 0 Å². The van der Waals surface area contributed by atoms with Crippen molar-refractivity contribution in [3.05, 3.63) is 74.3 Å². The first kappa shape index (κ1) is 20.3. The third-order valence-corrected chi connectivity index (χ3v) is 5.51. The van der Waals surface area contributed by atoms with E-state index in [1.54, 1.807) is 29.2 Å². The summed E-state index contributed by atoms with van der Waals surface area (Å²) in [6, 6.07) is 12.8. The van der Waals surface area contributed by atoms with E-state index in [9.17, 15) is 19.3 Å². The number of aryl methyl sites for hydroxylation is 1. The van der Waals surface area contributed by atoms with Gasteiger partial charge < -0.3 is 14.2 Å². The van der Waals surface area contributed by atoms with Crippen LogP contribution in [-0.4, -0.2) is 28.7 Å². The Morgan fingerprint density at radius 1 is 1.23 bits per heavy atom. The zero-order chi connectivity index (χ0) is 22.1. The number of piperidine rings is 1. The van der Waals surface area contributed by atoms with Crippen LogP contribution in [0.4, 0.5) is 15.8 Å². The number of halogens is 1. The van der Waals surface area contributed by atoms with Crippen molar-refractivity contribution in [3.8, 4) is 11.8 Å². The van der Waals surface area contributed by atoms with Crippen LogP contribution in [0.5, 0.6) is 5.75 Å². The van der Waals surface area contributed by atoms with Crippen molar-refractivity contribution in [2.75, 3.05) is 18.0 Å². The van der Waals surface area contributed by atoms with Crippen LogP contribution in [0.25, 0.3) is 10.9 Å². The fraction of sp³-hybridized carbons (Fsp3) is 0.273. The van der Waals surface area contributed by atoms with E-state index < -0.39 is 22.0 Å². The first-order valence-corrected chi connectivity index (χ1v) is 9.77. The minimum absolute atomic E-state index is 0.140. The molecule has 9 heteroatoms. The van der Waals surface area contributed by atoms with Gasteiger partial charge in [-0.3, -0.25) is 14.9 Å². The predicted molar refractivity (Wildman–Crippen MR) is 113 cm³/mol. The lowest BCUT2D eigenvalue weighted by Crippen LogP contribution is -2.39. The van der Waals surface area contributed by atoms with Gasteiger partial charge in [0.25, 0.3) is 0 Å². The van der Waals surface area contributed by atoms with Crippen LogP contribution in [0.1, 0.15) is 18.4 Å². The highest BCUT2D eigenvalue weighted by atomic mass is 19.1. The average Bonchev–Trinajstić information content (AvgIpc) is 2.76. The van der Waals surface area contributed by atoms with Crippen molar-refractivity contribution in [1.82, 2.24) is 4.57 Å². The lowest BCUT2D eigenvalue weighted by Gasteiger charge is -2.34. The minimum Gasteiger partial charge on any atom is -0.490 e. The predicted octanol–water partition coefficient (Wildman–Crippen LogP) is 3.51. The maximum Gasteiger partial charge on any atom is 0.357 e. The van der Waals surface area contributed by atoms with E-state index in [-0.39, 0.29) is 11.8 Å². The standard InChI is InChI=1S/C22H19FN4O4/c1-25-19-6-5-15(23)12-18(19)20(21(22(25)28)27(29)30)26-9-7-16(8-10-26)31-17-4-2-3-14(11-17)13-24/h2-6,11-12,16H,7-10H2,1H3. The molecule has 2 heterocycles. The third kappa shape index (κ3) is 3.80. The molecule has 0 unspecified atom stereocenters. The fourth-order valence-corrected chi connectivity index (χ4v) is 4.00. The molecule has 0 aliphatic carbocycles. The molecular weight excluding hydrogens is 403 g/mol. The summed E-state index contributed by atoms with van der Waals surface area (Å²) in [6.07, 6.45) is 0.971. The average molecular weight is 422 g/mol. The van der Waals surface area contributed by atoms with Crippen molar-refractivity contribution in [3.63, 3.8) is 0 Å². The number of ether oxygens (including phenoxy) is 1. The largest absolute Gasteiger partial charge is 0.490 e. The molecule has 0 bridgehead atoms. The monoisotopic (exact) mass is 422 g/mol. The van der Waals surface area contributed by atoms with Crippen LogP contribution in [0.2, 0.25) is 0 Å². The molecular formula is C22H19FN4O4. The Morgan fingerprint density at radius 3 is 2.65 bits per heavy atom. The first-order valence-electron chi connectivity index (χ1n) is 9.77. The van der Waals surface area contributed by atoms with Crippen LogP contribution < -0.4 is 15.2 Å². The Morgan fingerprint density at radius 2 is 1.97 bits per heavy atom. The van der Waals surface area contributed by atoms with Gasteiger partial charge in [-0.05, 0) is 36.4 Å². The molecule has 1 aliphatic heterocycles. The van der Waals surface area contributed by atoms with E-state index >= 15 is 0 Å². The number of nitriles is 1. The Bertz CT molecular complexity index is 1270. The Kier molecular flexibility index (Phi) is 5.29. The molecule has 0 saturated carbocycles. The van der Waals surface area contributed by atoms with Crippen LogP contribution >= 0.6 is 0 Å². The van der Waals surface area contributed by atoms with Gasteiger partial charge in [0.1, 0.15) is 23.4 Å². The van der Waals surface area contributed by atoms with Crippen molar-refractivity contribution in [2.45, 2.75) is 18.9 Å². The maximum absolute atomic E-state index is 14.0. The van der Waals surface area contributed by atoms with E-state index in [1.165, 1.54) is 29.8 Å². The van der Waals surface area contributed by atoms with Crippen molar-refractivity contribution < 1.29 is 14.1 Å². The zero-order valence-corrected chi connectivity index (χ0v) is 16.7. The van der Waals surface area contributed by atoms with Gasteiger partial charge >= 0.3 is 11.2 Å². The molecule has 8 nitrogen and oxygen atoms in total. The molecule has 158 valence electrons. The number of benzene rings is 2. The number of fused-ring (bicyclic) bond motifs is 1. The third-order valence-electron chi connectivity index (χ3n) is 5.51. The topological polar surface area (TPSA) is 101 Å². The highest BCUT2D eigenvalue weighted by Gasteiger charge is 2.31. The molecule has 1 aromatic heterocycles. The van der Waals surface area contributed by atoms with Crippen molar-refractivity contribution in [2.24, 2.45) is 7.05 Å². The lowest BCUT2D eigenvalue weighted by molar-refractivity contribution is -0.385. The summed E-state index contributed by atoms with van der Waals surface area (Å²) in [5.41, 5.74) is -0.210. The number of hydrogen-bond donors (Lipinski definition) is 0. The van der Waals surface area contributed by atoms with Gasteiger partial charge in [-0.15, -0.1) is 0 Å². The number of pyridine rings is 1. The minimum atomic E-state index is -0.731. The number of aromatic nitrogens is 1. The van der Waals surface area contributed by atoms with Crippen LogP contribution in [0.15, 0.2) is 47.3 Å². The molecule has 1 saturated heterocycles. The fourth-order valence-electron chi connectivity index (χ4n) is 4.00. The second-order valence-corrected chi connectivity index (χ2v) is 7.42. The number of nitro groups is 1. The smallest absolute Gasteiger partial charge is 0.357 e. The summed E-state index contributed by atoms with van der Waals surface area (Å²) in [7, 11) is 1.44. The Labute approximate surface area is 176 Å². The van der Waals surface area contributed by atoms with Gasteiger partial charge in [0.15, 0.2) is 0 Å². The van der Waals surface area contributed by atoms with Gasteiger partial charge in [0, 0.05) is 38.4 Å². The number of anilines is 1.